The highest BCUT2D eigenvalue weighted by Crippen LogP contribution is 2.33. The summed E-state index contributed by atoms with van der Waals surface area (Å²) >= 11 is 0. The lowest BCUT2D eigenvalue weighted by molar-refractivity contribution is -0.192. The van der Waals surface area contributed by atoms with Gasteiger partial charge >= 0.3 is 12.1 Å². The van der Waals surface area contributed by atoms with Crippen LogP contribution in [0.4, 0.5) is 13.2 Å². The van der Waals surface area contributed by atoms with E-state index in [9.17, 15) is 21.6 Å². The first-order valence-electron chi connectivity index (χ1n) is 7.90. The van der Waals surface area contributed by atoms with Crippen LogP contribution < -0.4 is 0 Å². The van der Waals surface area contributed by atoms with Crippen molar-refractivity contribution in [3.8, 4) is 0 Å². The minimum atomic E-state index is -5.08. The molecule has 0 unspecified atom stereocenters. The zero-order valence-corrected chi connectivity index (χ0v) is 14.9. The Kier molecular flexibility index (Phi) is 6.25. The van der Waals surface area contributed by atoms with E-state index in [0.29, 0.717) is 12.6 Å². The van der Waals surface area contributed by atoms with Gasteiger partial charge in [0.1, 0.15) is 0 Å². The normalized spacial score (nSPS) is 24.0. The van der Waals surface area contributed by atoms with Crippen LogP contribution in [0, 0.1) is 0 Å². The van der Waals surface area contributed by atoms with Crippen LogP contribution in [0.2, 0.25) is 0 Å². The predicted octanol–water partition coefficient (Wildman–Crippen LogP) is 1.32. The maximum Gasteiger partial charge on any atom is 0.490 e. The highest BCUT2D eigenvalue weighted by atomic mass is 32.2. The molecule has 0 spiro atoms. The first kappa shape index (κ1) is 20.6. The Balaban J connectivity index is 0.000000298. The summed E-state index contributed by atoms with van der Waals surface area (Å²) in [6.45, 7) is 2.50. The Labute approximate surface area is 149 Å². The standard InChI is InChI=1S/C13H19N3O2S.C2HF3O2/c1-19(17,18)16-8-5-12-13(16)4-7-15(12)10-11-3-2-6-14-9-11;3-2(4,5)1(6)7/h2-3,6,9,12-13H,4-5,7-8,10H2,1H3;(H,6,7)/t12-,13+;/m1./s1. The molecule has 1 aromatic heterocycles. The summed E-state index contributed by atoms with van der Waals surface area (Å²) in [5, 5.41) is 7.12. The third kappa shape index (κ3) is 5.15. The quantitative estimate of drug-likeness (QED) is 0.830. The van der Waals surface area contributed by atoms with Gasteiger partial charge in [0.2, 0.25) is 10.0 Å². The number of hydrogen-bond donors (Lipinski definition) is 1. The van der Waals surface area contributed by atoms with Gasteiger partial charge in [0.25, 0.3) is 0 Å². The van der Waals surface area contributed by atoms with E-state index < -0.39 is 22.2 Å². The van der Waals surface area contributed by atoms with E-state index in [1.807, 2.05) is 12.3 Å². The number of nitrogens with zero attached hydrogens (tertiary/aromatic N) is 3. The van der Waals surface area contributed by atoms with Gasteiger partial charge in [-0.1, -0.05) is 6.07 Å². The van der Waals surface area contributed by atoms with Crippen molar-refractivity contribution in [3.63, 3.8) is 0 Å². The van der Waals surface area contributed by atoms with Crippen LogP contribution in [0.15, 0.2) is 24.5 Å². The first-order chi connectivity index (χ1) is 12.0. The summed E-state index contributed by atoms with van der Waals surface area (Å²) in [5.74, 6) is -2.76. The average Bonchev–Trinajstić information content (AvgIpc) is 3.10. The van der Waals surface area contributed by atoms with Crippen molar-refractivity contribution in [2.75, 3.05) is 19.3 Å². The molecule has 26 heavy (non-hydrogen) atoms. The van der Waals surface area contributed by atoms with E-state index >= 15 is 0 Å². The van der Waals surface area contributed by atoms with E-state index in [-0.39, 0.29) is 6.04 Å². The number of aromatic nitrogens is 1. The number of likely N-dealkylation sites (tertiary alicyclic amines) is 1. The Hall–Kier alpha value is -1.72. The van der Waals surface area contributed by atoms with E-state index in [1.165, 1.54) is 11.8 Å². The molecule has 2 saturated heterocycles. The van der Waals surface area contributed by atoms with Crippen molar-refractivity contribution in [2.24, 2.45) is 0 Å². The Morgan fingerprint density at radius 2 is 1.92 bits per heavy atom. The summed E-state index contributed by atoms with van der Waals surface area (Å²) < 4.78 is 56.9. The second-order valence-electron chi connectivity index (χ2n) is 6.22. The number of pyridine rings is 1. The molecule has 2 aliphatic heterocycles. The number of halogens is 3. The van der Waals surface area contributed by atoms with Gasteiger partial charge in [0, 0.05) is 44.1 Å². The maximum atomic E-state index is 11.7. The van der Waals surface area contributed by atoms with E-state index in [4.69, 9.17) is 9.90 Å². The maximum absolute atomic E-state index is 11.7. The largest absolute Gasteiger partial charge is 0.490 e. The molecule has 146 valence electrons. The Morgan fingerprint density at radius 3 is 2.42 bits per heavy atom. The molecular weight excluding hydrogens is 375 g/mol. The number of sulfonamides is 1. The SMILES string of the molecule is CS(=O)(=O)N1CC[C@@H]2[C@@H]1CCN2Cc1cccnc1.O=C(O)C(F)(F)F. The van der Waals surface area contributed by atoms with Crippen LogP contribution in [0.25, 0.3) is 0 Å². The summed E-state index contributed by atoms with van der Waals surface area (Å²) in [5.41, 5.74) is 1.20. The predicted molar refractivity (Wildman–Crippen MR) is 86.7 cm³/mol. The molecule has 2 fully saturated rings. The molecule has 0 amide bonds. The first-order valence-corrected chi connectivity index (χ1v) is 9.75. The van der Waals surface area contributed by atoms with Crippen molar-refractivity contribution in [3.05, 3.63) is 30.1 Å². The van der Waals surface area contributed by atoms with Gasteiger partial charge in [-0.05, 0) is 24.5 Å². The highest BCUT2D eigenvalue weighted by molar-refractivity contribution is 7.88. The van der Waals surface area contributed by atoms with Crippen LogP contribution in [-0.4, -0.2) is 71.3 Å². The molecule has 1 aromatic rings. The molecule has 7 nitrogen and oxygen atoms in total. The molecule has 2 atom stereocenters. The van der Waals surface area contributed by atoms with Crippen LogP contribution in [-0.2, 0) is 21.4 Å². The van der Waals surface area contributed by atoms with Gasteiger partial charge < -0.3 is 5.11 Å². The number of fused-ring (bicyclic) bond motifs is 1. The van der Waals surface area contributed by atoms with Crippen molar-refractivity contribution in [1.82, 2.24) is 14.2 Å². The lowest BCUT2D eigenvalue weighted by Crippen LogP contribution is -2.38. The summed E-state index contributed by atoms with van der Waals surface area (Å²) in [7, 11) is -3.06. The van der Waals surface area contributed by atoms with Crippen LogP contribution in [0.1, 0.15) is 18.4 Å². The number of carboxylic acid groups (broad SMARTS) is 1. The fraction of sp³-hybridized carbons (Fsp3) is 0.600. The van der Waals surface area contributed by atoms with Crippen molar-refractivity contribution in [2.45, 2.75) is 37.6 Å². The topological polar surface area (TPSA) is 90.8 Å². The third-order valence-corrected chi connectivity index (χ3v) is 5.72. The summed E-state index contributed by atoms with van der Waals surface area (Å²) in [4.78, 5) is 15.4. The van der Waals surface area contributed by atoms with Gasteiger partial charge in [-0.2, -0.15) is 17.5 Å². The minimum absolute atomic E-state index is 0.173. The fourth-order valence-corrected chi connectivity index (χ4v) is 4.54. The smallest absolute Gasteiger partial charge is 0.475 e. The summed E-state index contributed by atoms with van der Waals surface area (Å²) in [6, 6.07) is 4.56. The van der Waals surface area contributed by atoms with E-state index in [2.05, 4.69) is 16.0 Å². The zero-order valence-electron chi connectivity index (χ0n) is 14.1. The monoisotopic (exact) mass is 395 g/mol. The molecule has 0 saturated carbocycles. The number of hydrogen-bond acceptors (Lipinski definition) is 5. The number of aliphatic carboxylic acids is 1. The molecular formula is C15H20F3N3O4S. The van der Waals surface area contributed by atoms with E-state index in [1.54, 1.807) is 10.5 Å². The minimum Gasteiger partial charge on any atom is -0.475 e. The molecule has 0 radical (unpaired) electrons. The van der Waals surface area contributed by atoms with Crippen molar-refractivity contribution >= 4 is 16.0 Å². The highest BCUT2D eigenvalue weighted by Gasteiger charge is 2.45. The van der Waals surface area contributed by atoms with E-state index in [0.717, 1.165) is 25.9 Å². The molecule has 11 heteroatoms. The molecule has 0 aromatic carbocycles. The van der Waals surface area contributed by atoms with Crippen LogP contribution in [0.3, 0.4) is 0 Å². The Morgan fingerprint density at radius 1 is 1.31 bits per heavy atom. The van der Waals surface area contributed by atoms with Gasteiger partial charge in [-0.3, -0.25) is 9.88 Å². The molecule has 3 rings (SSSR count). The number of carbonyl (C=O) groups is 1. The lowest BCUT2D eigenvalue weighted by atomic mass is 10.1. The van der Waals surface area contributed by atoms with Crippen LogP contribution in [0.5, 0.6) is 0 Å². The molecule has 0 aliphatic carbocycles. The van der Waals surface area contributed by atoms with Gasteiger partial charge in [0.15, 0.2) is 0 Å². The van der Waals surface area contributed by atoms with Crippen molar-refractivity contribution in [1.29, 1.82) is 0 Å². The summed E-state index contributed by atoms with van der Waals surface area (Å²) in [6.07, 6.45) is 1.78. The van der Waals surface area contributed by atoms with Gasteiger partial charge in [-0.25, -0.2) is 13.2 Å². The number of carboxylic acids is 1. The number of rotatable bonds is 3. The lowest BCUT2D eigenvalue weighted by Gasteiger charge is -2.24. The van der Waals surface area contributed by atoms with Gasteiger partial charge in [0.05, 0.1) is 6.26 Å². The van der Waals surface area contributed by atoms with Gasteiger partial charge in [-0.15, -0.1) is 0 Å². The molecule has 0 bridgehead atoms. The third-order valence-electron chi connectivity index (χ3n) is 4.42. The molecule has 2 aliphatic rings. The molecule has 1 N–H and O–H groups in total. The average molecular weight is 395 g/mol. The second kappa shape index (κ2) is 7.89. The van der Waals surface area contributed by atoms with Crippen molar-refractivity contribution < 1.29 is 31.5 Å². The number of alkyl halides is 3. The zero-order chi connectivity index (χ0) is 19.5. The Bertz CT molecular complexity index is 727. The van der Waals surface area contributed by atoms with Crippen LogP contribution >= 0.6 is 0 Å². The second-order valence-corrected chi connectivity index (χ2v) is 8.16. The fourth-order valence-electron chi connectivity index (χ4n) is 3.37. The molecule has 3 heterocycles.